The van der Waals surface area contributed by atoms with Crippen LogP contribution in [-0.2, 0) is 24.0 Å². The highest BCUT2D eigenvalue weighted by atomic mass is 32.2. The lowest BCUT2D eigenvalue weighted by molar-refractivity contribution is -0.157. The van der Waals surface area contributed by atoms with Gasteiger partial charge in [-0.15, -0.1) is 33.3 Å². The van der Waals surface area contributed by atoms with Crippen LogP contribution in [0.15, 0.2) is 32.5 Å². The lowest BCUT2D eigenvalue weighted by Crippen LogP contribution is -2.74. The standard InChI is InChI=1S/C21H21N7O6S4/c29-9-22-19-24-12(5-35-19)13(27-34-11-3-1-2-4-11)15(30)25-14-16(31)28-6-21(18(32)33,7-36-17(14)28)8-37-20-26-23-10-38-20/h1,3,5,9-11,14,17H,2,4,6-8H2,(H,25,30)(H,32,33)(H,22,24,29)/t11?,14?,17-,21?/m1/s1. The first-order valence-electron chi connectivity index (χ1n) is 11.3. The fraction of sp³-hybridized carbons (Fsp3) is 0.429. The van der Waals surface area contributed by atoms with E-state index in [1.165, 1.54) is 39.8 Å². The molecule has 2 aromatic heterocycles. The number of carbonyl (C=O) groups is 4. The van der Waals surface area contributed by atoms with Gasteiger partial charge in [0.25, 0.3) is 5.91 Å². The van der Waals surface area contributed by atoms with Crippen molar-refractivity contribution in [2.24, 2.45) is 10.6 Å². The molecular weight excluding hydrogens is 575 g/mol. The largest absolute Gasteiger partial charge is 0.481 e. The molecule has 13 nitrogen and oxygen atoms in total. The van der Waals surface area contributed by atoms with Crippen LogP contribution in [0.3, 0.4) is 0 Å². The topological polar surface area (TPSA) is 176 Å². The van der Waals surface area contributed by atoms with Gasteiger partial charge >= 0.3 is 5.97 Å². The molecule has 0 aromatic carbocycles. The second-order valence-corrected chi connectivity index (χ2v) is 12.6. The maximum atomic E-state index is 13.3. The fourth-order valence-electron chi connectivity index (χ4n) is 4.06. The zero-order chi connectivity index (χ0) is 26.7. The third kappa shape index (κ3) is 5.41. The lowest BCUT2D eigenvalue weighted by atomic mass is 9.89. The van der Waals surface area contributed by atoms with Gasteiger partial charge in [-0.3, -0.25) is 19.2 Å². The number of carboxylic acids is 1. The van der Waals surface area contributed by atoms with Gasteiger partial charge in [-0.05, 0) is 18.9 Å². The van der Waals surface area contributed by atoms with Gasteiger partial charge in [-0.25, -0.2) is 4.98 Å². The van der Waals surface area contributed by atoms with Crippen molar-refractivity contribution in [1.29, 1.82) is 0 Å². The van der Waals surface area contributed by atoms with E-state index in [0.29, 0.717) is 10.7 Å². The molecule has 0 bridgehead atoms. The van der Waals surface area contributed by atoms with Crippen LogP contribution >= 0.6 is 46.2 Å². The molecule has 2 saturated heterocycles. The Kier molecular flexibility index (Phi) is 7.96. The lowest BCUT2D eigenvalue weighted by Gasteiger charge is -2.53. The number of allylic oxidation sites excluding steroid dienone is 1. The Bertz CT molecular complexity index is 1280. The highest BCUT2D eigenvalue weighted by Gasteiger charge is 2.57. The molecule has 5 rings (SSSR count). The Hall–Kier alpha value is -3.02. The molecule has 4 heterocycles. The van der Waals surface area contributed by atoms with Crippen molar-refractivity contribution in [3.8, 4) is 0 Å². The number of nitrogens with zero attached hydrogens (tertiary/aromatic N) is 5. The molecule has 3 amide bonds. The van der Waals surface area contributed by atoms with E-state index in [0.717, 1.165) is 24.2 Å². The molecule has 2 fully saturated rings. The van der Waals surface area contributed by atoms with Gasteiger partial charge in [0.15, 0.2) is 15.2 Å². The van der Waals surface area contributed by atoms with Crippen molar-refractivity contribution < 1.29 is 29.1 Å². The number of hydrogen-bond acceptors (Lipinski definition) is 13. The summed E-state index contributed by atoms with van der Waals surface area (Å²) in [7, 11) is 0. The van der Waals surface area contributed by atoms with E-state index in [1.807, 2.05) is 12.2 Å². The number of anilines is 1. The Labute approximate surface area is 232 Å². The van der Waals surface area contributed by atoms with Crippen molar-refractivity contribution in [1.82, 2.24) is 25.4 Å². The van der Waals surface area contributed by atoms with Gasteiger partial charge in [-0.1, -0.05) is 34.3 Å². The molecule has 0 saturated carbocycles. The molecule has 2 aliphatic heterocycles. The number of carboxylic acid groups (broad SMARTS) is 1. The zero-order valence-electron chi connectivity index (χ0n) is 19.5. The summed E-state index contributed by atoms with van der Waals surface area (Å²) in [6.07, 6.45) is 5.58. The molecule has 17 heteroatoms. The van der Waals surface area contributed by atoms with E-state index < -0.39 is 28.7 Å². The molecule has 38 heavy (non-hydrogen) atoms. The smallest absolute Gasteiger partial charge is 0.313 e. The maximum absolute atomic E-state index is 13.3. The summed E-state index contributed by atoms with van der Waals surface area (Å²) in [4.78, 5) is 60.5. The normalized spacial score (nSPS) is 26.4. The molecule has 3 N–H and O–H groups in total. The highest BCUT2D eigenvalue weighted by Crippen LogP contribution is 2.44. The monoisotopic (exact) mass is 595 g/mol. The number of aromatic nitrogens is 3. The van der Waals surface area contributed by atoms with Crippen LogP contribution in [0.4, 0.5) is 5.13 Å². The average molecular weight is 596 g/mol. The Morgan fingerprint density at radius 3 is 2.97 bits per heavy atom. The van der Waals surface area contributed by atoms with Gasteiger partial charge in [-0.2, -0.15) is 0 Å². The van der Waals surface area contributed by atoms with Gasteiger partial charge in [0.05, 0.1) is 0 Å². The summed E-state index contributed by atoms with van der Waals surface area (Å²) in [5.41, 5.74) is 0.490. The molecule has 4 atom stereocenters. The number of carbonyl (C=O) groups excluding carboxylic acids is 3. The van der Waals surface area contributed by atoms with Crippen molar-refractivity contribution in [2.45, 2.75) is 34.7 Å². The number of rotatable bonds is 11. The number of nitrogens with one attached hydrogen (secondary N) is 2. The summed E-state index contributed by atoms with van der Waals surface area (Å²) in [6, 6.07) is -0.849. The highest BCUT2D eigenvalue weighted by molar-refractivity contribution is 8.01. The Morgan fingerprint density at radius 1 is 1.39 bits per heavy atom. The predicted octanol–water partition coefficient (Wildman–Crippen LogP) is 1.27. The molecule has 1 aliphatic carbocycles. The Balaban J connectivity index is 1.27. The van der Waals surface area contributed by atoms with Crippen molar-refractivity contribution in [3.63, 3.8) is 0 Å². The van der Waals surface area contributed by atoms with Crippen LogP contribution in [0, 0.1) is 5.41 Å². The van der Waals surface area contributed by atoms with Gasteiger partial charge in [0.2, 0.25) is 12.3 Å². The van der Waals surface area contributed by atoms with E-state index in [2.05, 4.69) is 31.0 Å². The van der Waals surface area contributed by atoms with Crippen LogP contribution in [-0.4, -0.2) is 90.7 Å². The zero-order valence-corrected chi connectivity index (χ0v) is 22.8. The van der Waals surface area contributed by atoms with Gasteiger partial charge < -0.3 is 25.5 Å². The molecule has 200 valence electrons. The summed E-state index contributed by atoms with van der Waals surface area (Å²) in [6.45, 7) is 0.0297. The first kappa shape index (κ1) is 26.6. The summed E-state index contributed by atoms with van der Waals surface area (Å²) < 4.78 is 0.661. The summed E-state index contributed by atoms with van der Waals surface area (Å²) in [5, 5.41) is 28.3. The second-order valence-electron chi connectivity index (χ2n) is 8.59. The molecular formula is C21H21N7O6S4. The van der Waals surface area contributed by atoms with Crippen molar-refractivity contribution in [2.75, 3.05) is 23.4 Å². The first-order valence-corrected chi connectivity index (χ1v) is 15.1. The summed E-state index contributed by atoms with van der Waals surface area (Å²) in [5.74, 6) is -1.52. The molecule has 0 spiro atoms. The minimum Gasteiger partial charge on any atom is -0.481 e. The van der Waals surface area contributed by atoms with Crippen molar-refractivity contribution in [3.05, 3.63) is 28.7 Å². The maximum Gasteiger partial charge on any atom is 0.313 e. The van der Waals surface area contributed by atoms with Crippen LogP contribution in [0.1, 0.15) is 18.5 Å². The molecule has 3 unspecified atom stereocenters. The number of β-lactam (4-membered cyclic amide) rings is 1. The number of hydrogen-bond donors (Lipinski definition) is 3. The average Bonchev–Trinajstić information content (AvgIpc) is 3.70. The van der Waals surface area contributed by atoms with E-state index in [4.69, 9.17) is 4.84 Å². The first-order chi connectivity index (χ1) is 18.4. The second kappa shape index (κ2) is 11.4. The number of thioether (sulfide) groups is 2. The number of thiazole rings is 1. The minimum absolute atomic E-state index is 0.0297. The van der Waals surface area contributed by atoms with E-state index in [-0.39, 0.29) is 46.6 Å². The van der Waals surface area contributed by atoms with Crippen LogP contribution < -0.4 is 10.6 Å². The number of amides is 3. The number of aliphatic carboxylic acids is 1. The molecule has 2 aromatic rings. The fourth-order valence-corrected chi connectivity index (χ4v) is 8.06. The minimum atomic E-state index is -1.15. The van der Waals surface area contributed by atoms with Crippen LogP contribution in [0.5, 0.6) is 0 Å². The quantitative estimate of drug-likeness (QED) is 0.0851. The molecule has 0 radical (unpaired) electrons. The number of fused-ring (bicyclic) bond motifs is 1. The van der Waals surface area contributed by atoms with E-state index >= 15 is 0 Å². The van der Waals surface area contributed by atoms with E-state index in [1.54, 1.807) is 10.9 Å². The predicted molar refractivity (Wildman–Crippen MR) is 142 cm³/mol. The SMILES string of the molecule is O=CNc1nc(C(=NOC2C=CCC2)C(=O)NC2C(=O)N3CC(CSc4nncs4)(C(=O)O)CS[C@H]23)cs1. The van der Waals surface area contributed by atoms with Crippen LogP contribution in [0.25, 0.3) is 0 Å². The third-order valence-electron chi connectivity index (χ3n) is 6.09. The van der Waals surface area contributed by atoms with Crippen LogP contribution in [0.2, 0.25) is 0 Å². The van der Waals surface area contributed by atoms with Gasteiger partial charge in [0.1, 0.15) is 34.1 Å². The Morgan fingerprint density at radius 2 is 2.26 bits per heavy atom. The van der Waals surface area contributed by atoms with E-state index in [9.17, 15) is 24.3 Å². The van der Waals surface area contributed by atoms with Crippen molar-refractivity contribution >= 4 is 81.2 Å². The van der Waals surface area contributed by atoms with Gasteiger partial charge in [0, 0.05) is 23.4 Å². The summed E-state index contributed by atoms with van der Waals surface area (Å²) >= 11 is 5.05. The molecule has 3 aliphatic rings. The number of oxime groups is 1. The third-order valence-corrected chi connectivity index (χ3v) is 10.6.